The summed E-state index contributed by atoms with van der Waals surface area (Å²) in [6.07, 6.45) is 0.647. The van der Waals surface area contributed by atoms with Gasteiger partial charge in [-0.05, 0) is 30.5 Å². The Labute approximate surface area is 71.1 Å². The molecule has 0 atom stereocenters. The number of halogens is 1. The molecule has 3 heteroatoms. The maximum atomic E-state index is 12.9. The van der Waals surface area contributed by atoms with Crippen LogP contribution in [0.2, 0.25) is 0 Å². The van der Waals surface area contributed by atoms with Crippen LogP contribution in [0, 0.1) is 12.7 Å². The van der Waals surface area contributed by atoms with E-state index in [9.17, 15) is 4.39 Å². The third-order valence-corrected chi connectivity index (χ3v) is 1.74. The van der Waals surface area contributed by atoms with Crippen LogP contribution in [-0.2, 0) is 11.3 Å². The minimum atomic E-state index is -0.176. The lowest BCUT2D eigenvalue weighted by atomic mass is 10.1. The van der Waals surface area contributed by atoms with Gasteiger partial charge in [-0.3, -0.25) is 0 Å². The zero-order valence-electron chi connectivity index (χ0n) is 7.01. The molecule has 2 nitrogen and oxygen atoms in total. The van der Waals surface area contributed by atoms with Crippen LogP contribution in [0.5, 0.6) is 0 Å². The summed E-state index contributed by atoms with van der Waals surface area (Å²) in [5.74, 6) is 4.67. The number of rotatable bonds is 3. The van der Waals surface area contributed by atoms with Gasteiger partial charge in [-0.25, -0.2) is 10.3 Å². The van der Waals surface area contributed by atoms with Crippen LogP contribution in [0.25, 0.3) is 0 Å². The summed E-state index contributed by atoms with van der Waals surface area (Å²) in [7, 11) is 0. The SMILES string of the molecule is Cc1ccc(CCON)cc1F. The van der Waals surface area contributed by atoms with Gasteiger partial charge in [-0.2, -0.15) is 0 Å². The van der Waals surface area contributed by atoms with Crippen molar-refractivity contribution >= 4 is 0 Å². The molecule has 0 amide bonds. The van der Waals surface area contributed by atoms with Gasteiger partial charge in [0.25, 0.3) is 0 Å². The van der Waals surface area contributed by atoms with Crippen molar-refractivity contribution < 1.29 is 9.23 Å². The van der Waals surface area contributed by atoms with E-state index in [1.54, 1.807) is 13.0 Å². The first-order valence-corrected chi connectivity index (χ1v) is 3.80. The molecule has 0 fully saturated rings. The van der Waals surface area contributed by atoms with E-state index in [1.165, 1.54) is 6.07 Å². The summed E-state index contributed by atoms with van der Waals surface area (Å²) in [6.45, 7) is 2.15. The minimum absolute atomic E-state index is 0.176. The molecular weight excluding hydrogens is 157 g/mol. The number of aryl methyl sites for hydroxylation is 1. The van der Waals surface area contributed by atoms with Crippen molar-refractivity contribution in [2.45, 2.75) is 13.3 Å². The van der Waals surface area contributed by atoms with E-state index in [2.05, 4.69) is 4.84 Å². The van der Waals surface area contributed by atoms with Crippen molar-refractivity contribution in [3.8, 4) is 0 Å². The molecule has 0 unspecified atom stereocenters. The van der Waals surface area contributed by atoms with Gasteiger partial charge in [0.05, 0.1) is 6.61 Å². The van der Waals surface area contributed by atoms with Crippen molar-refractivity contribution in [3.63, 3.8) is 0 Å². The summed E-state index contributed by atoms with van der Waals surface area (Å²) in [5.41, 5.74) is 1.57. The van der Waals surface area contributed by atoms with Gasteiger partial charge in [0, 0.05) is 0 Å². The minimum Gasteiger partial charge on any atom is -0.304 e. The van der Waals surface area contributed by atoms with Crippen LogP contribution in [0.4, 0.5) is 4.39 Å². The van der Waals surface area contributed by atoms with Crippen molar-refractivity contribution in [3.05, 3.63) is 35.1 Å². The fraction of sp³-hybridized carbons (Fsp3) is 0.333. The monoisotopic (exact) mass is 169 g/mol. The summed E-state index contributed by atoms with van der Waals surface area (Å²) in [6, 6.07) is 5.13. The first-order valence-electron chi connectivity index (χ1n) is 3.80. The van der Waals surface area contributed by atoms with Crippen LogP contribution in [-0.4, -0.2) is 6.61 Å². The number of benzene rings is 1. The molecule has 66 valence electrons. The molecule has 0 aliphatic rings. The lowest BCUT2D eigenvalue weighted by Crippen LogP contribution is -2.03. The second-order valence-corrected chi connectivity index (χ2v) is 2.70. The molecule has 0 bridgehead atoms. The zero-order valence-corrected chi connectivity index (χ0v) is 7.01. The first-order chi connectivity index (χ1) is 5.74. The molecular formula is C9H12FNO. The third kappa shape index (κ3) is 2.29. The van der Waals surface area contributed by atoms with Crippen molar-refractivity contribution in [2.75, 3.05) is 6.61 Å². The van der Waals surface area contributed by atoms with Crippen LogP contribution < -0.4 is 5.90 Å². The van der Waals surface area contributed by atoms with Crippen LogP contribution in [0.15, 0.2) is 18.2 Å². The van der Waals surface area contributed by atoms with Crippen molar-refractivity contribution in [1.82, 2.24) is 0 Å². The molecule has 1 aromatic rings. The van der Waals surface area contributed by atoms with Crippen molar-refractivity contribution in [2.24, 2.45) is 5.90 Å². The predicted octanol–water partition coefficient (Wildman–Crippen LogP) is 1.57. The highest BCUT2D eigenvalue weighted by molar-refractivity contribution is 5.23. The second-order valence-electron chi connectivity index (χ2n) is 2.70. The number of hydrogen-bond donors (Lipinski definition) is 1. The number of nitrogens with two attached hydrogens (primary N) is 1. The van der Waals surface area contributed by atoms with Gasteiger partial charge in [0.1, 0.15) is 5.82 Å². The molecule has 1 aromatic carbocycles. The van der Waals surface area contributed by atoms with Crippen LogP contribution in [0.3, 0.4) is 0 Å². The zero-order chi connectivity index (χ0) is 8.97. The Balaban J connectivity index is 2.69. The van der Waals surface area contributed by atoms with Crippen molar-refractivity contribution in [1.29, 1.82) is 0 Å². The lowest BCUT2D eigenvalue weighted by molar-refractivity contribution is 0.141. The largest absolute Gasteiger partial charge is 0.304 e. The maximum absolute atomic E-state index is 12.9. The summed E-state index contributed by atoms with van der Waals surface area (Å²) in [4.78, 5) is 4.39. The van der Waals surface area contributed by atoms with E-state index in [-0.39, 0.29) is 5.82 Å². The highest BCUT2D eigenvalue weighted by atomic mass is 19.1. The Morgan fingerprint density at radius 2 is 2.25 bits per heavy atom. The van der Waals surface area contributed by atoms with Gasteiger partial charge < -0.3 is 4.84 Å². The molecule has 0 aromatic heterocycles. The molecule has 0 heterocycles. The molecule has 0 saturated carbocycles. The molecule has 0 spiro atoms. The fourth-order valence-electron chi connectivity index (χ4n) is 0.969. The van der Waals surface area contributed by atoms with Gasteiger partial charge in [-0.1, -0.05) is 12.1 Å². The molecule has 0 aliphatic heterocycles. The van der Waals surface area contributed by atoms with Gasteiger partial charge in [0.2, 0.25) is 0 Å². The van der Waals surface area contributed by atoms with E-state index in [0.717, 1.165) is 5.56 Å². The van der Waals surface area contributed by atoms with E-state index in [4.69, 9.17) is 5.90 Å². The first kappa shape index (κ1) is 9.16. The maximum Gasteiger partial charge on any atom is 0.126 e. The quantitative estimate of drug-likeness (QED) is 0.697. The molecule has 12 heavy (non-hydrogen) atoms. The predicted molar refractivity (Wildman–Crippen MR) is 45.0 cm³/mol. The average Bonchev–Trinajstić information content (AvgIpc) is 2.07. The van der Waals surface area contributed by atoms with E-state index >= 15 is 0 Å². The van der Waals surface area contributed by atoms with E-state index < -0.39 is 0 Å². The highest BCUT2D eigenvalue weighted by Gasteiger charge is 1.98. The Bertz CT molecular complexity index is 263. The lowest BCUT2D eigenvalue weighted by Gasteiger charge is -2.01. The Kier molecular flexibility index (Phi) is 3.19. The smallest absolute Gasteiger partial charge is 0.126 e. The van der Waals surface area contributed by atoms with Gasteiger partial charge in [-0.15, -0.1) is 0 Å². The normalized spacial score (nSPS) is 10.2. The van der Waals surface area contributed by atoms with E-state index in [0.29, 0.717) is 18.6 Å². The Morgan fingerprint density at radius 1 is 1.50 bits per heavy atom. The second kappa shape index (κ2) is 4.18. The average molecular weight is 169 g/mol. The fourth-order valence-corrected chi connectivity index (χ4v) is 0.969. The standard InChI is InChI=1S/C9H12FNO/c1-7-2-3-8(4-5-12-11)6-9(7)10/h2-3,6H,4-5,11H2,1H3. The molecule has 0 aliphatic carbocycles. The van der Waals surface area contributed by atoms with E-state index in [1.807, 2.05) is 6.07 Å². The molecule has 1 rings (SSSR count). The summed E-state index contributed by atoms with van der Waals surface area (Å²) >= 11 is 0. The Hall–Kier alpha value is -0.930. The van der Waals surface area contributed by atoms with Gasteiger partial charge in [0.15, 0.2) is 0 Å². The third-order valence-electron chi connectivity index (χ3n) is 1.74. The summed E-state index contributed by atoms with van der Waals surface area (Å²) < 4.78 is 12.9. The van der Waals surface area contributed by atoms with Crippen LogP contribution in [0.1, 0.15) is 11.1 Å². The highest BCUT2D eigenvalue weighted by Crippen LogP contribution is 2.09. The summed E-state index contributed by atoms with van der Waals surface area (Å²) in [5, 5.41) is 0. The molecule has 0 saturated heterocycles. The molecule has 0 radical (unpaired) electrons. The molecule has 2 N–H and O–H groups in total. The Morgan fingerprint density at radius 3 is 2.83 bits per heavy atom. The number of hydrogen-bond acceptors (Lipinski definition) is 2. The topological polar surface area (TPSA) is 35.2 Å². The van der Waals surface area contributed by atoms with Crippen LogP contribution >= 0.6 is 0 Å². The van der Waals surface area contributed by atoms with Gasteiger partial charge >= 0.3 is 0 Å².